The molecule has 0 aromatic heterocycles. The third-order valence-corrected chi connectivity index (χ3v) is 1.90. The highest BCUT2D eigenvalue weighted by atomic mass is 16.1. The molecule has 0 aliphatic rings. The molecular formula is C10H22N2O. The lowest BCUT2D eigenvalue weighted by Crippen LogP contribution is -2.41. The molecule has 0 heterocycles. The zero-order valence-electron chi connectivity index (χ0n) is 9.18. The Bertz CT molecular complexity index is 157. The zero-order valence-corrected chi connectivity index (χ0v) is 9.18. The first-order valence-electron chi connectivity index (χ1n) is 4.90. The van der Waals surface area contributed by atoms with E-state index >= 15 is 0 Å². The van der Waals surface area contributed by atoms with E-state index in [4.69, 9.17) is 5.73 Å². The molecule has 0 rings (SSSR count). The Labute approximate surface area is 81.1 Å². The number of hydrogen-bond donors (Lipinski definition) is 2. The Balaban J connectivity index is 3.86. The quantitative estimate of drug-likeness (QED) is 0.695. The van der Waals surface area contributed by atoms with Gasteiger partial charge in [0.1, 0.15) is 0 Å². The molecule has 0 aromatic rings. The van der Waals surface area contributed by atoms with Gasteiger partial charge in [-0.25, -0.2) is 0 Å². The number of nitrogens with two attached hydrogens (primary N) is 1. The summed E-state index contributed by atoms with van der Waals surface area (Å²) in [7, 11) is 0. The van der Waals surface area contributed by atoms with Crippen LogP contribution >= 0.6 is 0 Å². The maximum Gasteiger partial charge on any atom is 0.220 e. The molecule has 13 heavy (non-hydrogen) atoms. The minimum absolute atomic E-state index is 0.102. The Morgan fingerprint density at radius 2 is 2.00 bits per heavy atom. The standard InChI is InChI=1S/C10H22N2O/c1-5-8(7-11)6-9(13)12-10(2,3)4/h8H,5-7,11H2,1-4H3,(H,12,13). The highest BCUT2D eigenvalue weighted by molar-refractivity contribution is 5.76. The Hall–Kier alpha value is -0.570. The highest BCUT2D eigenvalue weighted by Crippen LogP contribution is 2.07. The Morgan fingerprint density at radius 3 is 2.31 bits per heavy atom. The van der Waals surface area contributed by atoms with Gasteiger partial charge in [0.25, 0.3) is 0 Å². The van der Waals surface area contributed by atoms with Crippen molar-refractivity contribution in [1.82, 2.24) is 5.32 Å². The smallest absolute Gasteiger partial charge is 0.220 e. The van der Waals surface area contributed by atoms with Crippen LogP contribution in [0.1, 0.15) is 40.5 Å². The predicted molar refractivity (Wildman–Crippen MR) is 55.3 cm³/mol. The van der Waals surface area contributed by atoms with Gasteiger partial charge in [-0.2, -0.15) is 0 Å². The minimum atomic E-state index is -0.135. The molecule has 3 heteroatoms. The molecule has 1 amide bonds. The topological polar surface area (TPSA) is 55.1 Å². The van der Waals surface area contributed by atoms with Crippen LogP contribution in [0.2, 0.25) is 0 Å². The van der Waals surface area contributed by atoms with Crippen LogP contribution in [0.25, 0.3) is 0 Å². The van der Waals surface area contributed by atoms with Gasteiger partial charge in [-0.05, 0) is 33.2 Å². The first-order chi connectivity index (χ1) is 5.89. The van der Waals surface area contributed by atoms with E-state index in [1.165, 1.54) is 0 Å². The second kappa shape index (κ2) is 5.22. The Morgan fingerprint density at radius 1 is 1.46 bits per heavy atom. The van der Waals surface area contributed by atoms with E-state index in [0.29, 0.717) is 18.9 Å². The molecule has 0 spiro atoms. The summed E-state index contributed by atoms with van der Waals surface area (Å²) in [5.74, 6) is 0.423. The SMILES string of the molecule is CCC(CN)CC(=O)NC(C)(C)C. The summed E-state index contributed by atoms with van der Waals surface area (Å²) in [6.07, 6.45) is 1.51. The van der Waals surface area contributed by atoms with Crippen molar-refractivity contribution in [2.45, 2.75) is 46.1 Å². The average molecular weight is 186 g/mol. The second-order valence-electron chi connectivity index (χ2n) is 4.51. The number of amides is 1. The third-order valence-electron chi connectivity index (χ3n) is 1.90. The largest absolute Gasteiger partial charge is 0.352 e. The van der Waals surface area contributed by atoms with Crippen molar-refractivity contribution in [3.8, 4) is 0 Å². The van der Waals surface area contributed by atoms with Crippen molar-refractivity contribution in [3.05, 3.63) is 0 Å². The summed E-state index contributed by atoms with van der Waals surface area (Å²) in [5, 5.41) is 2.92. The van der Waals surface area contributed by atoms with Crippen molar-refractivity contribution >= 4 is 5.91 Å². The fraction of sp³-hybridized carbons (Fsp3) is 0.900. The fourth-order valence-corrected chi connectivity index (χ4v) is 1.13. The van der Waals surface area contributed by atoms with Gasteiger partial charge in [0.05, 0.1) is 0 Å². The van der Waals surface area contributed by atoms with Gasteiger partial charge in [0.15, 0.2) is 0 Å². The van der Waals surface area contributed by atoms with E-state index in [0.717, 1.165) is 6.42 Å². The van der Waals surface area contributed by atoms with Gasteiger partial charge in [-0.3, -0.25) is 4.79 Å². The van der Waals surface area contributed by atoms with Crippen molar-refractivity contribution < 1.29 is 4.79 Å². The van der Waals surface area contributed by atoms with Crippen LogP contribution in [0.4, 0.5) is 0 Å². The van der Waals surface area contributed by atoms with Gasteiger partial charge in [0, 0.05) is 12.0 Å². The molecule has 78 valence electrons. The van der Waals surface area contributed by atoms with Crippen LogP contribution in [-0.4, -0.2) is 18.0 Å². The van der Waals surface area contributed by atoms with E-state index < -0.39 is 0 Å². The lowest BCUT2D eigenvalue weighted by atomic mass is 10.0. The van der Waals surface area contributed by atoms with Crippen LogP contribution in [0.15, 0.2) is 0 Å². The van der Waals surface area contributed by atoms with E-state index in [1.54, 1.807) is 0 Å². The molecule has 0 bridgehead atoms. The molecule has 0 aromatic carbocycles. The van der Waals surface area contributed by atoms with Crippen molar-refractivity contribution in [3.63, 3.8) is 0 Å². The molecule has 0 saturated heterocycles. The van der Waals surface area contributed by atoms with Crippen LogP contribution in [0, 0.1) is 5.92 Å². The molecular weight excluding hydrogens is 164 g/mol. The highest BCUT2D eigenvalue weighted by Gasteiger charge is 2.16. The lowest BCUT2D eigenvalue weighted by molar-refractivity contribution is -0.123. The average Bonchev–Trinajstić information content (AvgIpc) is 1.96. The molecule has 0 saturated carbocycles. The van der Waals surface area contributed by atoms with Gasteiger partial charge in [-0.1, -0.05) is 13.3 Å². The van der Waals surface area contributed by atoms with E-state index in [9.17, 15) is 4.79 Å². The van der Waals surface area contributed by atoms with Crippen molar-refractivity contribution in [2.24, 2.45) is 11.7 Å². The second-order valence-corrected chi connectivity index (χ2v) is 4.51. The Kier molecular flexibility index (Phi) is 4.99. The van der Waals surface area contributed by atoms with Crippen LogP contribution in [-0.2, 0) is 4.79 Å². The number of carbonyl (C=O) groups is 1. The van der Waals surface area contributed by atoms with Crippen molar-refractivity contribution in [2.75, 3.05) is 6.54 Å². The van der Waals surface area contributed by atoms with Crippen LogP contribution in [0.3, 0.4) is 0 Å². The lowest BCUT2D eigenvalue weighted by Gasteiger charge is -2.22. The van der Waals surface area contributed by atoms with Gasteiger partial charge < -0.3 is 11.1 Å². The molecule has 0 aliphatic carbocycles. The monoisotopic (exact) mass is 186 g/mol. The van der Waals surface area contributed by atoms with E-state index in [1.807, 2.05) is 20.8 Å². The van der Waals surface area contributed by atoms with Crippen molar-refractivity contribution in [1.29, 1.82) is 0 Å². The van der Waals surface area contributed by atoms with Crippen LogP contribution < -0.4 is 11.1 Å². The molecule has 3 N–H and O–H groups in total. The number of carbonyl (C=O) groups excluding carboxylic acids is 1. The molecule has 0 radical (unpaired) electrons. The van der Waals surface area contributed by atoms with Gasteiger partial charge >= 0.3 is 0 Å². The summed E-state index contributed by atoms with van der Waals surface area (Å²) in [4.78, 5) is 11.4. The van der Waals surface area contributed by atoms with Gasteiger partial charge in [-0.15, -0.1) is 0 Å². The van der Waals surface area contributed by atoms with Gasteiger partial charge in [0.2, 0.25) is 5.91 Å². The summed E-state index contributed by atoms with van der Waals surface area (Å²) in [6, 6.07) is 0. The molecule has 0 aliphatic heterocycles. The maximum atomic E-state index is 11.4. The number of hydrogen-bond acceptors (Lipinski definition) is 2. The maximum absolute atomic E-state index is 11.4. The van der Waals surface area contributed by atoms with E-state index in [2.05, 4.69) is 12.2 Å². The third kappa shape index (κ3) is 6.58. The molecule has 0 fully saturated rings. The normalized spacial score (nSPS) is 13.9. The van der Waals surface area contributed by atoms with Crippen LogP contribution in [0.5, 0.6) is 0 Å². The summed E-state index contributed by atoms with van der Waals surface area (Å²) in [6.45, 7) is 8.59. The summed E-state index contributed by atoms with van der Waals surface area (Å²) >= 11 is 0. The van der Waals surface area contributed by atoms with E-state index in [-0.39, 0.29) is 11.4 Å². The first kappa shape index (κ1) is 12.4. The summed E-state index contributed by atoms with van der Waals surface area (Å²) < 4.78 is 0. The minimum Gasteiger partial charge on any atom is -0.352 e. The molecule has 3 nitrogen and oxygen atoms in total. The molecule has 1 atom stereocenters. The first-order valence-corrected chi connectivity index (χ1v) is 4.90. The molecule has 1 unspecified atom stereocenters. The number of nitrogens with one attached hydrogen (secondary N) is 1. The summed E-state index contributed by atoms with van der Waals surface area (Å²) in [5.41, 5.74) is 5.38. The zero-order chi connectivity index (χ0) is 10.5. The predicted octanol–water partition coefficient (Wildman–Crippen LogP) is 1.28. The fourth-order valence-electron chi connectivity index (χ4n) is 1.13. The number of rotatable bonds is 4.